The largest absolute Gasteiger partial charge is 0.497 e. The van der Waals surface area contributed by atoms with Crippen LogP contribution in [-0.4, -0.2) is 36.8 Å². The third-order valence-electron chi connectivity index (χ3n) is 6.23. The minimum absolute atomic E-state index is 0.280. The van der Waals surface area contributed by atoms with E-state index in [2.05, 4.69) is 31.4 Å². The molecule has 206 valence electrons. The Labute approximate surface area is 245 Å². The Bertz CT molecular complexity index is 1730. The second-order valence-corrected chi connectivity index (χ2v) is 9.80. The van der Waals surface area contributed by atoms with Crippen LogP contribution in [0.2, 0.25) is 0 Å². The van der Waals surface area contributed by atoms with Crippen molar-refractivity contribution in [3.05, 3.63) is 112 Å². The second kappa shape index (κ2) is 12.5. The van der Waals surface area contributed by atoms with Gasteiger partial charge < -0.3 is 19.2 Å². The van der Waals surface area contributed by atoms with Crippen molar-refractivity contribution in [3.63, 3.8) is 0 Å². The Kier molecular flexibility index (Phi) is 8.45. The van der Waals surface area contributed by atoms with Crippen molar-refractivity contribution in [2.75, 3.05) is 13.7 Å². The highest BCUT2D eigenvalue weighted by molar-refractivity contribution is 9.10. The van der Waals surface area contributed by atoms with Gasteiger partial charge in [-0.2, -0.15) is 5.10 Å². The second-order valence-electron chi connectivity index (χ2n) is 8.89. The van der Waals surface area contributed by atoms with E-state index < -0.39 is 11.9 Å². The average molecular weight is 612 g/mol. The van der Waals surface area contributed by atoms with E-state index in [1.54, 1.807) is 49.6 Å². The van der Waals surface area contributed by atoms with Gasteiger partial charge in [0.2, 0.25) is 0 Å². The van der Waals surface area contributed by atoms with Crippen LogP contribution in [0.4, 0.5) is 0 Å². The molecule has 0 radical (unpaired) electrons. The molecule has 0 fully saturated rings. The van der Waals surface area contributed by atoms with E-state index in [9.17, 15) is 9.59 Å². The lowest BCUT2D eigenvalue weighted by atomic mass is 10.0. The Morgan fingerprint density at radius 2 is 1.73 bits per heavy atom. The van der Waals surface area contributed by atoms with E-state index >= 15 is 0 Å². The Morgan fingerprint density at radius 1 is 0.951 bits per heavy atom. The lowest BCUT2D eigenvalue weighted by Crippen LogP contribution is -2.18. The van der Waals surface area contributed by atoms with Crippen molar-refractivity contribution in [3.8, 4) is 28.4 Å². The quantitative estimate of drug-likeness (QED) is 0.0809. The van der Waals surface area contributed by atoms with Gasteiger partial charge >= 0.3 is 5.97 Å². The van der Waals surface area contributed by atoms with Gasteiger partial charge in [-0.15, -0.1) is 0 Å². The molecule has 0 unspecified atom stereocenters. The predicted molar refractivity (Wildman–Crippen MR) is 162 cm³/mol. The normalized spacial score (nSPS) is 11.0. The molecule has 0 atom stereocenters. The highest BCUT2D eigenvalue weighted by Gasteiger charge is 2.20. The molecule has 0 aliphatic carbocycles. The van der Waals surface area contributed by atoms with E-state index in [-0.39, 0.29) is 5.75 Å². The van der Waals surface area contributed by atoms with Gasteiger partial charge in [0.1, 0.15) is 11.4 Å². The Hall–Kier alpha value is -4.89. The number of hydrogen-bond donors (Lipinski definition) is 2. The van der Waals surface area contributed by atoms with Gasteiger partial charge in [0.15, 0.2) is 11.5 Å². The molecule has 5 rings (SSSR count). The number of aromatic nitrogens is 1. The first-order valence-electron chi connectivity index (χ1n) is 12.8. The number of esters is 1. The number of halogens is 1. The summed E-state index contributed by atoms with van der Waals surface area (Å²) in [7, 11) is 1.61. The van der Waals surface area contributed by atoms with Crippen LogP contribution >= 0.6 is 15.9 Å². The zero-order chi connectivity index (χ0) is 28.8. The van der Waals surface area contributed by atoms with Gasteiger partial charge in [-0.05, 0) is 78.7 Å². The van der Waals surface area contributed by atoms with Crippen LogP contribution in [0.3, 0.4) is 0 Å². The van der Waals surface area contributed by atoms with E-state index in [1.807, 2.05) is 55.5 Å². The highest BCUT2D eigenvalue weighted by Crippen LogP contribution is 2.35. The van der Waals surface area contributed by atoms with Crippen LogP contribution in [0, 0.1) is 0 Å². The van der Waals surface area contributed by atoms with Gasteiger partial charge in [-0.25, -0.2) is 10.2 Å². The Morgan fingerprint density at radius 3 is 2.46 bits per heavy atom. The van der Waals surface area contributed by atoms with Crippen molar-refractivity contribution in [1.29, 1.82) is 0 Å². The third kappa shape index (κ3) is 6.31. The van der Waals surface area contributed by atoms with E-state index in [0.29, 0.717) is 34.9 Å². The number of carbonyl (C=O) groups is 2. The molecule has 0 spiro atoms. The standard InChI is InChI=1S/C32H26BrN3O5/c1-3-40-28-17-20(9-16-27(28)41-32(38)22-10-12-23(33)13-11-22)19-34-36-31(37)30-29(21-7-5-4-6-8-21)25-18-24(39-2)14-15-26(25)35-30/h4-19,35H,3H2,1-2H3,(H,36,37). The maximum absolute atomic E-state index is 13.3. The van der Waals surface area contributed by atoms with E-state index in [0.717, 1.165) is 26.5 Å². The summed E-state index contributed by atoms with van der Waals surface area (Å²) in [5.41, 5.74) is 6.48. The summed E-state index contributed by atoms with van der Waals surface area (Å²) in [5.74, 6) is 0.443. The van der Waals surface area contributed by atoms with E-state index in [4.69, 9.17) is 14.2 Å². The van der Waals surface area contributed by atoms with Crippen molar-refractivity contribution in [1.82, 2.24) is 10.4 Å². The molecule has 1 aromatic heterocycles. The van der Waals surface area contributed by atoms with Gasteiger partial charge in [-0.3, -0.25) is 4.79 Å². The van der Waals surface area contributed by atoms with Crippen LogP contribution in [0.15, 0.2) is 101 Å². The fourth-order valence-electron chi connectivity index (χ4n) is 4.30. The zero-order valence-electron chi connectivity index (χ0n) is 22.3. The number of carbonyl (C=O) groups excluding carboxylic acids is 2. The van der Waals surface area contributed by atoms with Crippen LogP contribution in [0.5, 0.6) is 17.2 Å². The number of amides is 1. The first kappa shape index (κ1) is 27.7. The summed E-state index contributed by atoms with van der Waals surface area (Å²) in [4.78, 5) is 29.1. The number of H-pyrrole nitrogens is 1. The van der Waals surface area contributed by atoms with Crippen molar-refractivity contribution < 1.29 is 23.8 Å². The number of hydrazone groups is 1. The summed E-state index contributed by atoms with van der Waals surface area (Å²) in [6.07, 6.45) is 1.49. The monoisotopic (exact) mass is 611 g/mol. The molecule has 0 saturated heterocycles. The lowest BCUT2D eigenvalue weighted by Gasteiger charge is -2.11. The van der Waals surface area contributed by atoms with Crippen molar-refractivity contribution in [2.24, 2.45) is 5.10 Å². The number of ether oxygens (including phenoxy) is 3. The van der Waals surface area contributed by atoms with Gasteiger partial charge in [0.25, 0.3) is 5.91 Å². The first-order valence-corrected chi connectivity index (χ1v) is 13.6. The molecule has 1 heterocycles. The first-order chi connectivity index (χ1) is 20.0. The van der Waals surface area contributed by atoms with Gasteiger partial charge in [0.05, 0.1) is 25.5 Å². The molecule has 0 aliphatic heterocycles. The molecule has 41 heavy (non-hydrogen) atoms. The summed E-state index contributed by atoms with van der Waals surface area (Å²) in [6.45, 7) is 2.20. The van der Waals surface area contributed by atoms with Crippen molar-refractivity contribution in [2.45, 2.75) is 6.92 Å². The minimum Gasteiger partial charge on any atom is -0.497 e. The fourth-order valence-corrected chi connectivity index (χ4v) is 4.56. The number of nitrogens with one attached hydrogen (secondary N) is 2. The van der Waals surface area contributed by atoms with Gasteiger partial charge in [-0.1, -0.05) is 46.3 Å². The highest BCUT2D eigenvalue weighted by atomic mass is 79.9. The van der Waals surface area contributed by atoms with Gasteiger partial charge in [0, 0.05) is 20.9 Å². The maximum Gasteiger partial charge on any atom is 0.343 e. The predicted octanol–water partition coefficient (Wildman–Crippen LogP) is 6.99. The molecule has 0 bridgehead atoms. The molecule has 1 amide bonds. The molecule has 5 aromatic rings. The van der Waals surface area contributed by atoms with E-state index in [1.165, 1.54) is 6.21 Å². The Balaban J connectivity index is 1.36. The zero-order valence-corrected chi connectivity index (χ0v) is 23.9. The summed E-state index contributed by atoms with van der Waals surface area (Å²) in [6, 6.07) is 27.2. The van der Waals surface area contributed by atoms with Crippen LogP contribution < -0.4 is 19.6 Å². The van der Waals surface area contributed by atoms with Crippen LogP contribution in [0.25, 0.3) is 22.0 Å². The molecule has 8 nitrogen and oxygen atoms in total. The molecule has 9 heteroatoms. The smallest absolute Gasteiger partial charge is 0.343 e. The number of hydrogen-bond acceptors (Lipinski definition) is 6. The van der Waals surface area contributed by atoms with Crippen molar-refractivity contribution >= 4 is 44.9 Å². The lowest BCUT2D eigenvalue weighted by molar-refractivity contribution is 0.0728. The summed E-state index contributed by atoms with van der Waals surface area (Å²) in [5, 5.41) is 5.03. The molecule has 0 aliphatic rings. The molecular weight excluding hydrogens is 586 g/mol. The summed E-state index contributed by atoms with van der Waals surface area (Å²) >= 11 is 3.35. The number of rotatable bonds is 9. The number of fused-ring (bicyclic) bond motifs is 1. The van der Waals surface area contributed by atoms with Crippen LogP contribution in [0.1, 0.15) is 33.3 Å². The number of benzene rings is 4. The minimum atomic E-state index is -0.502. The third-order valence-corrected chi connectivity index (χ3v) is 6.75. The molecule has 0 saturated carbocycles. The number of methoxy groups -OCH3 is 1. The topological polar surface area (TPSA) is 102 Å². The average Bonchev–Trinajstić information content (AvgIpc) is 3.38. The summed E-state index contributed by atoms with van der Waals surface area (Å²) < 4.78 is 17.5. The molecule has 4 aromatic carbocycles. The molecule has 2 N–H and O–H groups in total. The number of nitrogens with zero attached hydrogens (tertiary/aromatic N) is 1. The van der Waals surface area contributed by atoms with Crippen LogP contribution in [-0.2, 0) is 0 Å². The fraction of sp³-hybridized carbons (Fsp3) is 0.0938. The SMILES string of the molecule is CCOc1cc(C=NNC(=O)c2[nH]c3ccc(OC)cc3c2-c2ccccc2)ccc1OC(=O)c1ccc(Br)cc1. The number of aromatic amines is 1. The molecular formula is C32H26BrN3O5. The maximum atomic E-state index is 13.3.